The van der Waals surface area contributed by atoms with Crippen molar-refractivity contribution in [2.45, 2.75) is 30.2 Å². The minimum absolute atomic E-state index is 0.227. The van der Waals surface area contributed by atoms with E-state index < -0.39 is 21.3 Å². The molecule has 0 aliphatic rings. The summed E-state index contributed by atoms with van der Waals surface area (Å²) in [6.07, 6.45) is 1.92. The molecule has 1 rings (SSSR count). The predicted molar refractivity (Wildman–Crippen MR) is 74.5 cm³/mol. The molecule has 1 atom stereocenters. The normalized spacial score (nSPS) is 14.6. The molecule has 0 aliphatic carbocycles. The minimum Gasteiger partial charge on any atom is -0.494 e. The number of carboxylic acid groups (broad SMARTS) is 1. The van der Waals surface area contributed by atoms with Crippen LogP contribution in [0.1, 0.15) is 19.8 Å². The quantitative estimate of drug-likeness (QED) is 0.729. The van der Waals surface area contributed by atoms with Gasteiger partial charge in [-0.15, -0.1) is 0 Å². The lowest BCUT2D eigenvalue weighted by atomic mass is 9.98. The van der Waals surface area contributed by atoms with Crippen molar-refractivity contribution in [2.75, 3.05) is 12.9 Å². The van der Waals surface area contributed by atoms with Crippen molar-refractivity contribution in [1.82, 2.24) is 0 Å². The van der Waals surface area contributed by atoms with Crippen molar-refractivity contribution in [1.29, 1.82) is 0 Å². The molecule has 112 valence electrons. The van der Waals surface area contributed by atoms with Gasteiger partial charge in [0.2, 0.25) is 0 Å². The Labute approximate surface area is 118 Å². The Balaban J connectivity index is 2.46. The van der Waals surface area contributed by atoms with Gasteiger partial charge < -0.3 is 15.6 Å². The number of benzene rings is 1. The van der Waals surface area contributed by atoms with Crippen LogP contribution in [0.2, 0.25) is 0 Å². The Kier molecular flexibility index (Phi) is 5.13. The fourth-order valence-corrected chi connectivity index (χ4v) is 2.15. The Hall–Kier alpha value is -1.60. The van der Waals surface area contributed by atoms with Crippen LogP contribution in [-0.4, -0.2) is 37.9 Å². The third kappa shape index (κ3) is 4.82. The average Bonchev–Trinajstić information content (AvgIpc) is 2.34. The summed E-state index contributed by atoms with van der Waals surface area (Å²) >= 11 is 0. The molecule has 0 aliphatic heterocycles. The van der Waals surface area contributed by atoms with E-state index >= 15 is 0 Å². The highest BCUT2D eigenvalue weighted by Gasteiger charge is 2.26. The van der Waals surface area contributed by atoms with E-state index in [1.54, 1.807) is 12.1 Å². The molecule has 1 unspecified atom stereocenters. The maximum atomic E-state index is 11.3. The van der Waals surface area contributed by atoms with Crippen LogP contribution in [0.3, 0.4) is 0 Å². The maximum Gasteiger partial charge on any atom is 0.323 e. The highest BCUT2D eigenvalue weighted by molar-refractivity contribution is 7.90. The Bertz CT molecular complexity index is 563. The van der Waals surface area contributed by atoms with Crippen LogP contribution in [0.15, 0.2) is 29.2 Å². The molecule has 1 aromatic rings. The van der Waals surface area contributed by atoms with Gasteiger partial charge in [0, 0.05) is 6.26 Å². The first-order valence-corrected chi connectivity index (χ1v) is 7.97. The molecule has 6 nitrogen and oxygen atoms in total. The molecule has 0 fully saturated rings. The van der Waals surface area contributed by atoms with E-state index in [4.69, 9.17) is 15.6 Å². The van der Waals surface area contributed by atoms with Crippen LogP contribution in [0.25, 0.3) is 0 Å². The number of carbonyl (C=O) groups is 1. The third-order valence-electron chi connectivity index (χ3n) is 2.85. The van der Waals surface area contributed by atoms with Gasteiger partial charge in [0.05, 0.1) is 11.5 Å². The van der Waals surface area contributed by atoms with Gasteiger partial charge in [0.15, 0.2) is 9.84 Å². The summed E-state index contributed by atoms with van der Waals surface area (Å²) in [5.41, 5.74) is 4.32. The van der Waals surface area contributed by atoms with E-state index in [9.17, 15) is 13.2 Å². The molecule has 0 radical (unpaired) electrons. The fraction of sp³-hybridized carbons (Fsp3) is 0.462. The number of hydrogen-bond donors (Lipinski definition) is 2. The summed E-state index contributed by atoms with van der Waals surface area (Å²) in [6, 6.07) is 6.06. The van der Waals surface area contributed by atoms with E-state index in [1.807, 2.05) is 0 Å². The molecule has 0 spiro atoms. The van der Waals surface area contributed by atoms with Crippen LogP contribution in [0.4, 0.5) is 0 Å². The highest BCUT2D eigenvalue weighted by atomic mass is 32.2. The van der Waals surface area contributed by atoms with Crippen molar-refractivity contribution < 1.29 is 23.1 Å². The number of nitrogens with two attached hydrogens (primary N) is 1. The molecule has 1 aromatic carbocycles. The van der Waals surface area contributed by atoms with Crippen LogP contribution >= 0.6 is 0 Å². The summed E-state index contributed by atoms with van der Waals surface area (Å²) in [5, 5.41) is 8.84. The van der Waals surface area contributed by atoms with E-state index in [0.717, 1.165) is 6.26 Å². The Morgan fingerprint density at radius 2 is 1.90 bits per heavy atom. The number of rotatable bonds is 7. The van der Waals surface area contributed by atoms with E-state index in [0.29, 0.717) is 25.2 Å². The zero-order valence-corrected chi connectivity index (χ0v) is 12.3. The molecule has 0 saturated carbocycles. The molecule has 0 heterocycles. The Morgan fingerprint density at radius 1 is 1.35 bits per heavy atom. The minimum atomic E-state index is -3.21. The zero-order chi connectivity index (χ0) is 15.4. The van der Waals surface area contributed by atoms with Crippen LogP contribution < -0.4 is 10.5 Å². The summed E-state index contributed by atoms with van der Waals surface area (Å²) in [6.45, 7) is 1.77. The van der Waals surface area contributed by atoms with Gasteiger partial charge in [0.25, 0.3) is 0 Å². The lowest BCUT2D eigenvalue weighted by Crippen LogP contribution is -2.44. The second-order valence-electron chi connectivity index (χ2n) is 4.92. The van der Waals surface area contributed by atoms with Crippen LogP contribution in [0, 0.1) is 0 Å². The first-order chi connectivity index (χ1) is 9.13. The fourth-order valence-electron chi connectivity index (χ4n) is 1.52. The van der Waals surface area contributed by atoms with E-state index in [2.05, 4.69) is 0 Å². The third-order valence-corrected chi connectivity index (χ3v) is 3.98. The van der Waals surface area contributed by atoms with Gasteiger partial charge in [-0.2, -0.15) is 0 Å². The van der Waals surface area contributed by atoms with Gasteiger partial charge in [-0.1, -0.05) is 0 Å². The van der Waals surface area contributed by atoms with Crippen molar-refractivity contribution in [3.8, 4) is 5.75 Å². The van der Waals surface area contributed by atoms with Gasteiger partial charge in [-0.05, 0) is 44.0 Å². The number of ether oxygens (including phenoxy) is 1. The standard InChI is InChI=1S/C13H19NO5S/c1-13(14,12(15)16)8-3-9-19-10-4-6-11(7-5-10)20(2,17)18/h4-7H,3,8-9,14H2,1-2H3,(H,15,16). The summed E-state index contributed by atoms with van der Waals surface area (Å²) in [5.74, 6) is -0.513. The highest BCUT2D eigenvalue weighted by Crippen LogP contribution is 2.16. The topological polar surface area (TPSA) is 107 Å². The van der Waals surface area contributed by atoms with Crippen molar-refractivity contribution in [3.05, 3.63) is 24.3 Å². The lowest BCUT2D eigenvalue weighted by molar-refractivity contribution is -0.142. The Morgan fingerprint density at radius 3 is 2.35 bits per heavy atom. The molecule has 0 bridgehead atoms. The predicted octanol–water partition coefficient (Wildman–Crippen LogP) is 1.05. The lowest BCUT2D eigenvalue weighted by Gasteiger charge is -2.18. The zero-order valence-electron chi connectivity index (χ0n) is 11.5. The largest absolute Gasteiger partial charge is 0.494 e. The number of carboxylic acids is 1. The summed E-state index contributed by atoms with van der Waals surface area (Å²) in [4.78, 5) is 11.0. The number of hydrogen-bond acceptors (Lipinski definition) is 5. The molecule has 0 amide bonds. The average molecular weight is 301 g/mol. The molecule has 3 N–H and O–H groups in total. The van der Waals surface area contributed by atoms with Crippen molar-refractivity contribution >= 4 is 15.8 Å². The molecule has 0 aromatic heterocycles. The second kappa shape index (κ2) is 6.23. The summed E-state index contributed by atoms with van der Waals surface area (Å²) < 4.78 is 27.9. The van der Waals surface area contributed by atoms with Gasteiger partial charge in [-0.3, -0.25) is 4.79 Å². The second-order valence-corrected chi connectivity index (χ2v) is 6.93. The van der Waals surface area contributed by atoms with Gasteiger partial charge >= 0.3 is 5.97 Å². The molecule has 20 heavy (non-hydrogen) atoms. The first kappa shape index (κ1) is 16.5. The number of sulfone groups is 1. The number of aliphatic carboxylic acids is 1. The van der Waals surface area contributed by atoms with E-state index in [1.165, 1.54) is 19.1 Å². The summed E-state index contributed by atoms with van der Waals surface area (Å²) in [7, 11) is -3.21. The van der Waals surface area contributed by atoms with Crippen molar-refractivity contribution in [2.24, 2.45) is 5.73 Å². The maximum absolute atomic E-state index is 11.3. The SMILES string of the molecule is CC(N)(CCCOc1ccc(S(C)(=O)=O)cc1)C(=O)O. The van der Waals surface area contributed by atoms with Crippen LogP contribution in [0.5, 0.6) is 5.75 Å². The molecular formula is C13H19NO5S. The van der Waals surface area contributed by atoms with Gasteiger partial charge in [0.1, 0.15) is 11.3 Å². The molecule has 7 heteroatoms. The first-order valence-electron chi connectivity index (χ1n) is 6.08. The van der Waals surface area contributed by atoms with Gasteiger partial charge in [-0.25, -0.2) is 8.42 Å². The molecule has 0 saturated heterocycles. The monoisotopic (exact) mass is 301 g/mol. The van der Waals surface area contributed by atoms with E-state index in [-0.39, 0.29) is 4.90 Å². The van der Waals surface area contributed by atoms with Crippen LogP contribution in [-0.2, 0) is 14.6 Å². The van der Waals surface area contributed by atoms with Crippen molar-refractivity contribution in [3.63, 3.8) is 0 Å². The smallest absolute Gasteiger partial charge is 0.323 e. The molecular weight excluding hydrogens is 282 g/mol.